The molecule has 0 radical (unpaired) electrons. The van der Waals surface area contributed by atoms with E-state index in [0.717, 1.165) is 0 Å². The maximum absolute atomic E-state index is 12.8. The average molecular weight is 739 g/mol. The Morgan fingerprint density at radius 1 is 0.906 bits per heavy atom. The molecule has 0 unspecified atom stereocenters. The molecule has 4 amide bonds. The first-order valence-electron chi connectivity index (χ1n) is 16.6. The first-order valence-corrected chi connectivity index (χ1v) is 16.6. The number of nitrogens with two attached hydrogens (primary N) is 1. The number of aromatic amines is 1. The molecule has 2 atom stereocenters. The van der Waals surface area contributed by atoms with E-state index in [1.807, 2.05) is 4.90 Å². The number of benzene rings is 1. The lowest BCUT2D eigenvalue weighted by molar-refractivity contribution is -0.144. The number of nitrogens with zero attached hydrogens (tertiary/aromatic N) is 5. The van der Waals surface area contributed by atoms with Gasteiger partial charge in [0.25, 0.3) is 11.5 Å². The number of aliphatic carboxylic acids is 2. The summed E-state index contributed by atoms with van der Waals surface area (Å²) < 4.78 is 0. The van der Waals surface area contributed by atoms with Gasteiger partial charge in [-0.1, -0.05) is 0 Å². The monoisotopic (exact) mass is 738 g/mol. The molecule has 0 bridgehead atoms. The van der Waals surface area contributed by atoms with Crippen LogP contribution in [-0.4, -0.2) is 140 Å². The van der Waals surface area contributed by atoms with E-state index in [2.05, 4.69) is 51.4 Å². The number of carboxylic acids is 2. The van der Waals surface area contributed by atoms with Gasteiger partial charge >= 0.3 is 11.9 Å². The molecule has 1 aliphatic rings. The van der Waals surface area contributed by atoms with Crippen molar-refractivity contribution in [3.8, 4) is 0 Å². The molecule has 1 aliphatic heterocycles. The van der Waals surface area contributed by atoms with Crippen molar-refractivity contribution in [1.29, 1.82) is 0 Å². The van der Waals surface area contributed by atoms with E-state index in [4.69, 9.17) is 5.73 Å². The highest BCUT2D eigenvalue weighted by Gasteiger charge is 2.26. The van der Waals surface area contributed by atoms with Crippen molar-refractivity contribution in [2.75, 3.05) is 63.9 Å². The Morgan fingerprint density at radius 3 is 2.25 bits per heavy atom. The van der Waals surface area contributed by atoms with E-state index in [1.165, 1.54) is 18.3 Å². The van der Waals surface area contributed by atoms with Gasteiger partial charge in [0.15, 0.2) is 11.2 Å². The van der Waals surface area contributed by atoms with Gasteiger partial charge in [-0.3, -0.25) is 38.8 Å². The Kier molecular flexibility index (Phi) is 14.1. The highest BCUT2D eigenvalue weighted by molar-refractivity contribution is 5.97. The smallest absolute Gasteiger partial charge is 0.326 e. The van der Waals surface area contributed by atoms with Crippen LogP contribution in [0.3, 0.4) is 0 Å². The van der Waals surface area contributed by atoms with Gasteiger partial charge in [0.1, 0.15) is 12.1 Å². The number of rotatable bonds is 18. The van der Waals surface area contributed by atoms with Gasteiger partial charge in [0.05, 0.1) is 31.4 Å². The standard InChI is InChI=1S/C32H42N12O9/c1-34-25(47)17-44-12-10-43(11-13-44)9-8-35-24(46)14-22(31(52)53)39-23(45)7-6-21(30(50)51)40-28(48)18-2-4-19(5-3-18)36-15-20-16-37-27-26(38-20)29(49)42-32(33)41-27/h2-5,16,21-22,36H,6-15,17H2,1H3,(H,34,47)(H,35,46)(H,39,45)(H,40,48)(H,50,51)(H,52,53)(H3,33,37,41,42,49)/t21-,22-/m0/s1. The zero-order valence-corrected chi connectivity index (χ0v) is 28.9. The lowest BCUT2D eigenvalue weighted by Crippen LogP contribution is -2.50. The van der Waals surface area contributed by atoms with E-state index in [0.29, 0.717) is 50.6 Å². The maximum atomic E-state index is 12.8. The third-order valence-corrected chi connectivity index (χ3v) is 8.25. The summed E-state index contributed by atoms with van der Waals surface area (Å²) in [4.78, 5) is 104. The Morgan fingerprint density at radius 2 is 1.58 bits per heavy atom. The number of aromatic nitrogens is 4. The lowest BCUT2D eigenvalue weighted by Gasteiger charge is -2.34. The fourth-order valence-corrected chi connectivity index (χ4v) is 5.29. The first-order chi connectivity index (χ1) is 25.3. The number of H-pyrrole nitrogens is 1. The normalized spacial score (nSPS) is 14.4. The number of hydrogen-bond donors (Lipinski definition) is 9. The second kappa shape index (κ2) is 18.9. The van der Waals surface area contributed by atoms with Crippen molar-refractivity contribution < 1.29 is 39.0 Å². The number of hydrogen-bond acceptors (Lipinski definition) is 14. The number of anilines is 2. The van der Waals surface area contributed by atoms with Gasteiger partial charge in [-0.05, 0) is 30.7 Å². The minimum atomic E-state index is -1.55. The Balaban J connectivity index is 1.18. The van der Waals surface area contributed by atoms with Crippen LogP contribution in [0.5, 0.6) is 0 Å². The number of carbonyl (C=O) groups excluding carboxylic acids is 4. The average Bonchev–Trinajstić information content (AvgIpc) is 3.12. The summed E-state index contributed by atoms with van der Waals surface area (Å²) >= 11 is 0. The van der Waals surface area contributed by atoms with Gasteiger partial charge in [-0.15, -0.1) is 0 Å². The minimum Gasteiger partial charge on any atom is -0.480 e. The second-order valence-corrected chi connectivity index (χ2v) is 12.1. The summed E-state index contributed by atoms with van der Waals surface area (Å²) in [6.07, 6.45) is 0.107. The van der Waals surface area contributed by atoms with E-state index in [-0.39, 0.29) is 48.1 Å². The number of fused-ring (bicyclic) bond motifs is 1. The largest absolute Gasteiger partial charge is 0.480 e. The summed E-state index contributed by atoms with van der Waals surface area (Å²) in [5.74, 6) is -5.10. The summed E-state index contributed by atoms with van der Waals surface area (Å²) in [5, 5.41) is 32.1. The molecule has 0 saturated carbocycles. The van der Waals surface area contributed by atoms with Crippen molar-refractivity contribution in [3.05, 3.63) is 52.1 Å². The van der Waals surface area contributed by atoms with Crippen LogP contribution in [-0.2, 0) is 30.5 Å². The zero-order chi connectivity index (χ0) is 38.5. The number of carbonyl (C=O) groups is 6. The predicted molar refractivity (Wildman–Crippen MR) is 188 cm³/mol. The number of carboxylic acid groups (broad SMARTS) is 2. The van der Waals surface area contributed by atoms with Gasteiger partial charge in [-0.2, -0.15) is 4.98 Å². The van der Waals surface area contributed by atoms with Crippen LogP contribution in [0.4, 0.5) is 11.6 Å². The van der Waals surface area contributed by atoms with E-state index >= 15 is 0 Å². The Bertz CT molecular complexity index is 1860. The van der Waals surface area contributed by atoms with E-state index < -0.39 is 60.1 Å². The number of piperazine rings is 1. The number of nitrogens with one attached hydrogen (secondary N) is 6. The molecule has 1 aromatic carbocycles. The summed E-state index contributed by atoms with van der Waals surface area (Å²) in [6, 6.07) is 3.02. The number of nitrogen functional groups attached to an aromatic ring is 1. The van der Waals surface area contributed by atoms with Crippen LogP contribution >= 0.6 is 0 Å². The molecular weight excluding hydrogens is 696 g/mol. The molecule has 0 spiro atoms. The molecular formula is C32H42N12O9. The lowest BCUT2D eigenvalue weighted by atomic mass is 10.1. The van der Waals surface area contributed by atoms with Crippen LogP contribution in [0, 0.1) is 0 Å². The summed E-state index contributed by atoms with van der Waals surface area (Å²) in [7, 11) is 1.58. The van der Waals surface area contributed by atoms with E-state index in [1.54, 1.807) is 19.2 Å². The van der Waals surface area contributed by atoms with Crippen LogP contribution in [0.15, 0.2) is 35.3 Å². The molecule has 21 nitrogen and oxygen atoms in total. The van der Waals surface area contributed by atoms with Gasteiger partial charge in [0, 0.05) is 64.0 Å². The van der Waals surface area contributed by atoms with Crippen molar-refractivity contribution in [2.24, 2.45) is 0 Å². The van der Waals surface area contributed by atoms with Crippen molar-refractivity contribution >= 4 is 58.4 Å². The van der Waals surface area contributed by atoms with Crippen LogP contribution in [0.1, 0.15) is 35.3 Å². The second-order valence-electron chi connectivity index (χ2n) is 12.1. The Hall–Kier alpha value is -6.22. The van der Waals surface area contributed by atoms with E-state index in [9.17, 15) is 43.8 Å². The number of amides is 4. The molecule has 1 fully saturated rings. The molecule has 1 saturated heterocycles. The van der Waals surface area contributed by atoms with Crippen molar-refractivity contribution in [3.63, 3.8) is 0 Å². The fraction of sp³-hybridized carbons (Fsp3) is 0.438. The van der Waals surface area contributed by atoms with Crippen molar-refractivity contribution in [2.45, 2.75) is 37.9 Å². The number of likely N-dealkylation sites (N-methyl/N-ethyl adjacent to an activating group) is 1. The third-order valence-electron chi connectivity index (χ3n) is 8.25. The van der Waals surface area contributed by atoms with Crippen LogP contribution in [0.2, 0.25) is 0 Å². The van der Waals surface area contributed by atoms with Crippen LogP contribution < -0.4 is 37.9 Å². The van der Waals surface area contributed by atoms with Gasteiger partial charge < -0.3 is 42.5 Å². The third kappa shape index (κ3) is 12.2. The highest BCUT2D eigenvalue weighted by atomic mass is 16.4. The van der Waals surface area contributed by atoms with Gasteiger partial charge in [-0.25, -0.2) is 19.6 Å². The SMILES string of the molecule is CNC(=O)CN1CCN(CCNC(=O)C[C@H](NC(=O)CC[C@H](NC(=O)c2ccc(NCc3cnc4nc(N)[nH]c(=O)c4n3)cc2)C(=O)O)C(=O)O)CC1. The quantitative estimate of drug-likeness (QED) is 0.0642. The molecule has 10 N–H and O–H groups in total. The summed E-state index contributed by atoms with van der Waals surface area (Å²) in [5.41, 5.74) is 6.25. The minimum absolute atomic E-state index is 0.0232. The fourth-order valence-electron chi connectivity index (χ4n) is 5.29. The maximum Gasteiger partial charge on any atom is 0.326 e. The van der Waals surface area contributed by atoms with Crippen molar-refractivity contribution in [1.82, 2.24) is 51.0 Å². The molecule has 2 aromatic heterocycles. The highest BCUT2D eigenvalue weighted by Crippen LogP contribution is 2.13. The molecule has 53 heavy (non-hydrogen) atoms. The zero-order valence-electron chi connectivity index (χ0n) is 28.9. The summed E-state index contributed by atoms with van der Waals surface area (Å²) in [6.45, 7) is 4.06. The molecule has 3 aromatic rings. The molecule has 3 heterocycles. The Labute approximate surface area is 302 Å². The first kappa shape index (κ1) is 39.6. The van der Waals surface area contributed by atoms with Gasteiger partial charge in [0.2, 0.25) is 23.7 Å². The van der Waals surface area contributed by atoms with Crippen LogP contribution in [0.25, 0.3) is 11.2 Å². The topological polar surface area (TPSA) is 307 Å². The predicted octanol–water partition coefficient (Wildman–Crippen LogP) is -2.69. The molecule has 284 valence electrons. The molecule has 4 rings (SSSR count). The molecule has 0 aliphatic carbocycles. The molecule has 21 heteroatoms.